The number of alkyl halides is 3. The van der Waals surface area contributed by atoms with Crippen LogP contribution in [0.25, 0.3) is 0 Å². The number of hydrogen-bond donors (Lipinski definition) is 2. The summed E-state index contributed by atoms with van der Waals surface area (Å²) in [7, 11) is 0. The number of urea groups is 1. The van der Waals surface area contributed by atoms with Crippen LogP contribution < -0.4 is 20.1 Å². The summed E-state index contributed by atoms with van der Waals surface area (Å²) in [4.78, 5) is 11.9. The third-order valence-electron chi connectivity index (χ3n) is 3.90. The molecule has 0 radical (unpaired) electrons. The minimum absolute atomic E-state index is 0.122. The number of halogens is 3. The largest absolute Gasteiger partial charge is 0.454 e. The fraction of sp³-hybridized carbons (Fsp3) is 0.316. The lowest BCUT2D eigenvalue weighted by molar-refractivity contribution is -0.176. The Hall–Kier alpha value is -2.94. The molecule has 1 aliphatic rings. The first-order chi connectivity index (χ1) is 13.4. The van der Waals surface area contributed by atoms with Crippen molar-refractivity contribution in [1.82, 2.24) is 10.6 Å². The molecular weight excluding hydrogens is 377 g/mol. The van der Waals surface area contributed by atoms with Gasteiger partial charge in [0.15, 0.2) is 11.5 Å². The fourth-order valence-electron chi connectivity index (χ4n) is 2.52. The molecule has 0 aliphatic carbocycles. The molecule has 2 N–H and O–H groups in total. The van der Waals surface area contributed by atoms with Gasteiger partial charge in [-0.2, -0.15) is 13.2 Å². The summed E-state index contributed by atoms with van der Waals surface area (Å²) in [6, 6.07) is 11.9. The van der Waals surface area contributed by atoms with Crippen LogP contribution in [-0.4, -0.2) is 25.6 Å². The quantitative estimate of drug-likeness (QED) is 0.752. The van der Waals surface area contributed by atoms with E-state index >= 15 is 0 Å². The van der Waals surface area contributed by atoms with Gasteiger partial charge in [0.25, 0.3) is 0 Å². The number of hydrogen-bond acceptors (Lipinski definition) is 4. The fourth-order valence-corrected chi connectivity index (χ4v) is 2.52. The highest BCUT2D eigenvalue weighted by molar-refractivity contribution is 5.73. The predicted octanol–water partition coefficient (Wildman–Crippen LogP) is 3.49. The second-order valence-electron chi connectivity index (χ2n) is 6.15. The lowest BCUT2D eigenvalue weighted by atomic mass is 10.1. The minimum Gasteiger partial charge on any atom is -0.454 e. The van der Waals surface area contributed by atoms with Crippen LogP contribution in [0.15, 0.2) is 42.5 Å². The van der Waals surface area contributed by atoms with Crippen LogP contribution >= 0.6 is 0 Å². The lowest BCUT2D eigenvalue weighted by Gasteiger charge is -2.10. The van der Waals surface area contributed by atoms with Crippen LogP contribution in [0.5, 0.6) is 11.5 Å². The molecule has 28 heavy (non-hydrogen) atoms. The van der Waals surface area contributed by atoms with Crippen molar-refractivity contribution in [3.8, 4) is 11.5 Å². The van der Waals surface area contributed by atoms with Crippen LogP contribution in [-0.2, 0) is 24.4 Å². The van der Waals surface area contributed by atoms with Gasteiger partial charge in [-0.1, -0.05) is 30.3 Å². The average molecular weight is 396 g/mol. The Bertz CT molecular complexity index is 810. The Balaban J connectivity index is 1.38. The molecule has 0 spiro atoms. The van der Waals surface area contributed by atoms with E-state index in [0.717, 1.165) is 11.1 Å². The summed E-state index contributed by atoms with van der Waals surface area (Å²) in [6.45, 7) is -0.586. The minimum atomic E-state index is -4.34. The molecule has 0 saturated carbocycles. The zero-order valence-corrected chi connectivity index (χ0v) is 14.8. The van der Waals surface area contributed by atoms with Crippen molar-refractivity contribution in [2.24, 2.45) is 0 Å². The second kappa shape index (κ2) is 8.83. The van der Waals surface area contributed by atoms with E-state index in [2.05, 4.69) is 15.4 Å². The number of benzene rings is 2. The zero-order chi connectivity index (χ0) is 20.0. The summed E-state index contributed by atoms with van der Waals surface area (Å²) in [5.41, 5.74) is 2.32. The summed E-state index contributed by atoms with van der Waals surface area (Å²) in [6.07, 6.45) is -4.34. The van der Waals surface area contributed by atoms with E-state index in [4.69, 9.17) is 9.47 Å². The molecular formula is C19H19F3N2O4. The summed E-state index contributed by atoms with van der Waals surface area (Å²) >= 11 is 0. The molecule has 0 aromatic heterocycles. The van der Waals surface area contributed by atoms with Crippen molar-refractivity contribution in [3.05, 3.63) is 59.2 Å². The third-order valence-corrected chi connectivity index (χ3v) is 3.90. The molecule has 150 valence electrons. The first-order valence-electron chi connectivity index (χ1n) is 8.51. The van der Waals surface area contributed by atoms with Crippen LogP contribution in [0.3, 0.4) is 0 Å². The van der Waals surface area contributed by atoms with E-state index in [1.807, 2.05) is 12.1 Å². The Kier molecular flexibility index (Phi) is 6.25. The molecule has 2 amide bonds. The zero-order valence-electron chi connectivity index (χ0n) is 14.8. The van der Waals surface area contributed by atoms with Crippen molar-refractivity contribution in [2.45, 2.75) is 25.9 Å². The number of nitrogens with one attached hydrogen (secondary N) is 2. The van der Waals surface area contributed by atoms with E-state index in [-0.39, 0.29) is 26.0 Å². The van der Waals surface area contributed by atoms with E-state index in [9.17, 15) is 18.0 Å². The first-order valence-corrected chi connectivity index (χ1v) is 8.51. The van der Waals surface area contributed by atoms with Crippen LogP contribution in [0.1, 0.15) is 16.7 Å². The highest BCUT2D eigenvalue weighted by atomic mass is 19.4. The van der Waals surface area contributed by atoms with E-state index in [1.54, 1.807) is 30.3 Å². The number of carbonyl (C=O) groups is 1. The topological polar surface area (TPSA) is 68.8 Å². The standard InChI is InChI=1S/C19H19F3N2O4/c20-19(21,22)11-26-10-14-3-1-13(2-4-14)8-23-18(25)24-9-15-5-6-16-17(7-15)28-12-27-16/h1-7H,8-12H2,(H2,23,24,25). The summed E-state index contributed by atoms with van der Waals surface area (Å²) in [5, 5.41) is 5.46. The molecule has 1 aliphatic heterocycles. The van der Waals surface area contributed by atoms with Crippen molar-refractivity contribution < 1.29 is 32.2 Å². The van der Waals surface area contributed by atoms with E-state index in [0.29, 0.717) is 23.6 Å². The van der Waals surface area contributed by atoms with Crippen LogP contribution in [0.2, 0.25) is 0 Å². The number of rotatable bonds is 7. The normalized spacial score (nSPS) is 12.7. The maximum absolute atomic E-state index is 12.0. The molecule has 9 heteroatoms. The van der Waals surface area contributed by atoms with Gasteiger partial charge < -0.3 is 24.8 Å². The van der Waals surface area contributed by atoms with Gasteiger partial charge >= 0.3 is 12.2 Å². The molecule has 0 atom stereocenters. The Morgan fingerprint density at radius 2 is 1.54 bits per heavy atom. The van der Waals surface area contributed by atoms with E-state index < -0.39 is 12.8 Å². The number of fused-ring (bicyclic) bond motifs is 1. The summed E-state index contributed by atoms with van der Waals surface area (Å²) in [5.74, 6) is 1.33. The SMILES string of the molecule is O=C(NCc1ccc(COCC(F)(F)F)cc1)NCc1ccc2c(c1)OCO2. The van der Waals surface area contributed by atoms with Gasteiger partial charge in [-0.3, -0.25) is 0 Å². The van der Waals surface area contributed by atoms with Crippen molar-refractivity contribution in [1.29, 1.82) is 0 Å². The molecule has 0 saturated heterocycles. The number of carbonyl (C=O) groups excluding carboxylic acids is 1. The molecule has 0 unspecified atom stereocenters. The van der Waals surface area contributed by atoms with Gasteiger partial charge in [-0.05, 0) is 28.8 Å². The van der Waals surface area contributed by atoms with Gasteiger partial charge in [-0.25, -0.2) is 4.79 Å². The molecule has 6 nitrogen and oxygen atoms in total. The predicted molar refractivity (Wildman–Crippen MR) is 93.8 cm³/mol. The number of amides is 2. The highest BCUT2D eigenvalue weighted by Crippen LogP contribution is 2.32. The average Bonchev–Trinajstić information content (AvgIpc) is 3.12. The van der Waals surface area contributed by atoms with Gasteiger partial charge in [0.05, 0.1) is 6.61 Å². The first kappa shape index (κ1) is 19.8. The second-order valence-corrected chi connectivity index (χ2v) is 6.15. The Labute approximate surface area is 159 Å². The van der Waals surface area contributed by atoms with Gasteiger partial charge in [-0.15, -0.1) is 0 Å². The van der Waals surface area contributed by atoms with Gasteiger partial charge in [0.1, 0.15) is 6.61 Å². The van der Waals surface area contributed by atoms with Crippen molar-refractivity contribution in [2.75, 3.05) is 13.4 Å². The molecule has 2 aromatic carbocycles. The van der Waals surface area contributed by atoms with E-state index in [1.165, 1.54) is 0 Å². The summed E-state index contributed by atoms with van der Waals surface area (Å²) < 4.78 is 51.3. The smallest absolute Gasteiger partial charge is 0.411 e. The third kappa shape index (κ3) is 6.05. The highest BCUT2D eigenvalue weighted by Gasteiger charge is 2.27. The Morgan fingerprint density at radius 1 is 0.929 bits per heavy atom. The number of ether oxygens (including phenoxy) is 3. The van der Waals surface area contributed by atoms with Crippen LogP contribution in [0, 0.1) is 0 Å². The molecule has 1 heterocycles. The van der Waals surface area contributed by atoms with Crippen molar-refractivity contribution >= 4 is 6.03 Å². The Morgan fingerprint density at radius 3 is 2.25 bits per heavy atom. The molecule has 0 bridgehead atoms. The maximum Gasteiger partial charge on any atom is 0.411 e. The molecule has 3 rings (SSSR count). The van der Waals surface area contributed by atoms with Crippen molar-refractivity contribution in [3.63, 3.8) is 0 Å². The van der Waals surface area contributed by atoms with Crippen LogP contribution in [0.4, 0.5) is 18.0 Å². The van der Waals surface area contributed by atoms with Gasteiger partial charge in [0.2, 0.25) is 6.79 Å². The maximum atomic E-state index is 12.0. The molecule has 0 fully saturated rings. The lowest BCUT2D eigenvalue weighted by Crippen LogP contribution is -2.34. The molecule has 2 aromatic rings. The van der Waals surface area contributed by atoms with Gasteiger partial charge in [0, 0.05) is 13.1 Å². The monoisotopic (exact) mass is 396 g/mol.